The third kappa shape index (κ3) is 1.94. The Morgan fingerprint density at radius 3 is 2.72 bits per heavy atom. The van der Waals surface area contributed by atoms with Crippen molar-refractivity contribution in [2.24, 2.45) is 0 Å². The number of methoxy groups -OCH3 is 1. The predicted octanol–water partition coefficient (Wildman–Crippen LogP) is 2.77. The van der Waals surface area contributed by atoms with E-state index in [0.717, 1.165) is 12.0 Å². The van der Waals surface area contributed by atoms with E-state index in [4.69, 9.17) is 9.15 Å². The molecule has 0 aliphatic rings. The van der Waals surface area contributed by atoms with Gasteiger partial charge in [0.25, 0.3) is 0 Å². The van der Waals surface area contributed by atoms with Gasteiger partial charge in [0.1, 0.15) is 17.1 Å². The molecule has 0 aliphatic heterocycles. The average Bonchev–Trinajstić information content (AvgIpc) is 2.33. The van der Waals surface area contributed by atoms with Crippen LogP contribution in [-0.4, -0.2) is 12.2 Å². The number of aromatic hydroxyl groups is 1. The fourth-order valence-corrected chi connectivity index (χ4v) is 2.10. The standard InChI is InChI=1S/C14H16O4/c1-4-5-10-13(15)12-8(2)6-9(17-3)7-11(12)18-14(10)16/h6-7,15H,4-5H2,1-3H3. The van der Waals surface area contributed by atoms with Gasteiger partial charge in [0.05, 0.1) is 18.1 Å². The molecular formula is C14H16O4. The summed E-state index contributed by atoms with van der Waals surface area (Å²) in [7, 11) is 1.55. The van der Waals surface area contributed by atoms with Crippen molar-refractivity contribution >= 4 is 11.0 Å². The molecule has 2 rings (SSSR count). The Morgan fingerprint density at radius 2 is 2.11 bits per heavy atom. The number of hydrogen-bond acceptors (Lipinski definition) is 4. The molecule has 0 spiro atoms. The van der Waals surface area contributed by atoms with E-state index < -0.39 is 5.63 Å². The summed E-state index contributed by atoms with van der Waals surface area (Å²) < 4.78 is 10.4. The van der Waals surface area contributed by atoms with E-state index in [1.807, 2.05) is 13.8 Å². The smallest absolute Gasteiger partial charge is 0.343 e. The van der Waals surface area contributed by atoms with Crippen molar-refractivity contribution in [2.45, 2.75) is 26.7 Å². The molecule has 18 heavy (non-hydrogen) atoms. The summed E-state index contributed by atoms with van der Waals surface area (Å²) >= 11 is 0. The van der Waals surface area contributed by atoms with Crippen LogP contribution in [0, 0.1) is 6.92 Å². The summed E-state index contributed by atoms with van der Waals surface area (Å²) in [6.45, 7) is 3.80. The molecule has 0 radical (unpaired) electrons. The quantitative estimate of drug-likeness (QED) is 0.848. The number of hydrogen-bond donors (Lipinski definition) is 1. The van der Waals surface area contributed by atoms with Crippen LogP contribution in [0.5, 0.6) is 11.5 Å². The van der Waals surface area contributed by atoms with Gasteiger partial charge in [0.2, 0.25) is 0 Å². The zero-order valence-corrected chi connectivity index (χ0v) is 10.7. The Hall–Kier alpha value is -1.97. The SMILES string of the molecule is CCCc1c(O)c2c(C)cc(OC)cc2oc1=O. The first-order valence-corrected chi connectivity index (χ1v) is 5.91. The van der Waals surface area contributed by atoms with E-state index in [0.29, 0.717) is 28.7 Å². The van der Waals surface area contributed by atoms with Crippen LogP contribution in [0.4, 0.5) is 0 Å². The van der Waals surface area contributed by atoms with Crippen LogP contribution in [0.25, 0.3) is 11.0 Å². The molecule has 1 aromatic heterocycles. The molecule has 96 valence electrons. The largest absolute Gasteiger partial charge is 0.507 e. The molecule has 0 unspecified atom stereocenters. The number of fused-ring (bicyclic) bond motifs is 1. The molecule has 1 aromatic carbocycles. The second kappa shape index (κ2) is 4.72. The second-order valence-corrected chi connectivity index (χ2v) is 4.28. The monoisotopic (exact) mass is 248 g/mol. The lowest BCUT2D eigenvalue weighted by atomic mass is 10.0. The van der Waals surface area contributed by atoms with Crippen molar-refractivity contribution in [3.05, 3.63) is 33.7 Å². The minimum atomic E-state index is -0.477. The first-order chi connectivity index (χ1) is 8.58. The highest BCUT2D eigenvalue weighted by Crippen LogP contribution is 2.32. The van der Waals surface area contributed by atoms with Crippen LogP contribution < -0.4 is 10.4 Å². The molecule has 0 amide bonds. The number of rotatable bonds is 3. The molecule has 0 saturated heterocycles. The zero-order chi connectivity index (χ0) is 13.3. The van der Waals surface area contributed by atoms with Gasteiger partial charge in [-0.2, -0.15) is 0 Å². The van der Waals surface area contributed by atoms with E-state index >= 15 is 0 Å². The number of aryl methyl sites for hydroxylation is 1. The predicted molar refractivity (Wildman–Crippen MR) is 69.4 cm³/mol. The highest BCUT2D eigenvalue weighted by Gasteiger charge is 2.15. The summed E-state index contributed by atoms with van der Waals surface area (Å²) in [6.07, 6.45) is 1.29. The van der Waals surface area contributed by atoms with E-state index in [1.54, 1.807) is 19.2 Å². The first-order valence-electron chi connectivity index (χ1n) is 5.91. The van der Waals surface area contributed by atoms with E-state index in [1.165, 1.54) is 0 Å². The fraction of sp³-hybridized carbons (Fsp3) is 0.357. The topological polar surface area (TPSA) is 59.7 Å². The minimum absolute atomic E-state index is 0.0308. The molecule has 0 atom stereocenters. The van der Waals surface area contributed by atoms with Crippen molar-refractivity contribution in [1.82, 2.24) is 0 Å². The number of benzene rings is 1. The molecule has 0 aliphatic carbocycles. The summed E-state index contributed by atoms with van der Waals surface area (Å²) in [6, 6.07) is 3.41. The molecular weight excluding hydrogens is 232 g/mol. The zero-order valence-electron chi connectivity index (χ0n) is 10.7. The van der Waals surface area contributed by atoms with Crippen LogP contribution >= 0.6 is 0 Å². The lowest BCUT2D eigenvalue weighted by Crippen LogP contribution is -2.08. The molecule has 1 N–H and O–H groups in total. The van der Waals surface area contributed by atoms with Gasteiger partial charge in [-0.1, -0.05) is 13.3 Å². The maximum atomic E-state index is 11.8. The fourth-order valence-electron chi connectivity index (χ4n) is 2.10. The Labute approximate surface area is 105 Å². The van der Waals surface area contributed by atoms with Crippen molar-refractivity contribution in [1.29, 1.82) is 0 Å². The van der Waals surface area contributed by atoms with Gasteiger partial charge in [0, 0.05) is 6.07 Å². The summed E-state index contributed by atoms with van der Waals surface area (Å²) in [5, 5.41) is 10.8. The van der Waals surface area contributed by atoms with Crippen molar-refractivity contribution < 1.29 is 14.3 Å². The van der Waals surface area contributed by atoms with Gasteiger partial charge in [-0.05, 0) is 25.0 Å². The maximum absolute atomic E-state index is 11.8. The molecule has 0 fully saturated rings. The van der Waals surface area contributed by atoms with Crippen molar-refractivity contribution in [3.8, 4) is 11.5 Å². The van der Waals surface area contributed by atoms with Gasteiger partial charge in [-0.15, -0.1) is 0 Å². The average molecular weight is 248 g/mol. The van der Waals surface area contributed by atoms with Gasteiger partial charge in [-0.25, -0.2) is 4.79 Å². The third-order valence-corrected chi connectivity index (χ3v) is 2.98. The maximum Gasteiger partial charge on any atom is 0.343 e. The molecule has 4 heteroatoms. The van der Waals surface area contributed by atoms with Crippen LogP contribution in [0.3, 0.4) is 0 Å². The Bertz CT molecular complexity index is 640. The van der Waals surface area contributed by atoms with E-state index in [-0.39, 0.29) is 5.75 Å². The third-order valence-electron chi connectivity index (χ3n) is 2.98. The highest BCUT2D eigenvalue weighted by molar-refractivity contribution is 5.88. The minimum Gasteiger partial charge on any atom is -0.507 e. The summed E-state index contributed by atoms with van der Waals surface area (Å²) in [5.74, 6) is 0.633. The van der Waals surface area contributed by atoms with Gasteiger partial charge < -0.3 is 14.3 Å². The first kappa shape index (κ1) is 12.5. The molecule has 0 bridgehead atoms. The van der Waals surface area contributed by atoms with E-state index in [9.17, 15) is 9.90 Å². The lowest BCUT2D eigenvalue weighted by molar-refractivity contribution is 0.412. The van der Waals surface area contributed by atoms with Gasteiger partial charge in [0.15, 0.2) is 0 Å². The van der Waals surface area contributed by atoms with Crippen LogP contribution in [-0.2, 0) is 6.42 Å². The van der Waals surface area contributed by atoms with Crippen molar-refractivity contribution in [2.75, 3.05) is 7.11 Å². The van der Waals surface area contributed by atoms with Gasteiger partial charge in [-0.3, -0.25) is 0 Å². The normalized spacial score (nSPS) is 10.8. The Balaban J connectivity index is 2.82. The molecule has 2 aromatic rings. The second-order valence-electron chi connectivity index (χ2n) is 4.28. The Kier molecular flexibility index (Phi) is 3.28. The highest BCUT2D eigenvalue weighted by atomic mass is 16.5. The molecule has 1 heterocycles. The lowest BCUT2D eigenvalue weighted by Gasteiger charge is -2.09. The van der Waals surface area contributed by atoms with Crippen LogP contribution in [0.15, 0.2) is 21.3 Å². The molecule has 4 nitrogen and oxygen atoms in total. The van der Waals surface area contributed by atoms with Crippen LogP contribution in [0.2, 0.25) is 0 Å². The van der Waals surface area contributed by atoms with Crippen LogP contribution in [0.1, 0.15) is 24.5 Å². The molecule has 0 saturated carbocycles. The van der Waals surface area contributed by atoms with E-state index in [2.05, 4.69) is 0 Å². The summed E-state index contributed by atoms with van der Waals surface area (Å²) in [4.78, 5) is 11.8. The number of ether oxygens (including phenoxy) is 1. The van der Waals surface area contributed by atoms with Gasteiger partial charge >= 0.3 is 5.63 Å². The summed E-state index contributed by atoms with van der Waals surface area (Å²) in [5.41, 5.74) is 1.05. The Morgan fingerprint density at radius 1 is 1.39 bits per heavy atom. The van der Waals surface area contributed by atoms with Crippen molar-refractivity contribution in [3.63, 3.8) is 0 Å².